The van der Waals surface area contributed by atoms with Crippen molar-refractivity contribution in [2.45, 2.75) is 19.5 Å². The number of hydrogen-bond donors (Lipinski definition) is 1. The predicted octanol–water partition coefficient (Wildman–Crippen LogP) is 6.69. The molecule has 1 aliphatic heterocycles. The number of anilines is 1. The Bertz CT molecular complexity index is 1130. The normalized spacial score (nSPS) is 13.7. The quantitative estimate of drug-likeness (QED) is 0.523. The van der Waals surface area contributed by atoms with Gasteiger partial charge in [0.05, 0.1) is 12.0 Å². The van der Waals surface area contributed by atoms with E-state index < -0.39 is 11.7 Å². The van der Waals surface area contributed by atoms with E-state index in [4.69, 9.17) is 4.74 Å². The summed E-state index contributed by atoms with van der Waals surface area (Å²) in [7, 11) is 0. The van der Waals surface area contributed by atoms with E-state index in [2.05, 4.69) is 5.32 Å². The van der Waals surface area contributed by atoms with Crippen LogP contribution in [0.3, 0.4) is 0 Å². The van der Waals surface area contributed by atoms with Crippen molar-refractivity contribution in [3.8, 4) is 11.5 Å². The summed E-state index contributed by atoms with van der Waals surface area (Å²) in [6.45, 7) is 1.41. The van der Waals surface area contributed by atoms with Crippen molar-refractivity contribution in [3.05, 3.63) is 89.0 Å². The number of ether oxygens (including phenoxy) is 1. The highest BCUT2D eigenvalue weighted by Crippen LogP contribution is 2.38. The molecule has 4 rings (SSSR count). The Morgan fingerprint density at radius 2 is 1.67 bits per heavy atom. The predicted molar refractivity (Wildman–Crippen MR) is 110 cm³/mol. The number of nitrogens with one attached hydrogen (secondary N) is 1. The first kappa shape index (κ1) is 19.8. The van der Waals surface area contributed by atoms with E-state index in [0.29, 0.717) is 22.6 Å². The number of para-hydroxylation sites is 1. The molecule has 0 saturated heterocycles. The lowest BCUT2D eigenvalue weighted by Crippen LogP contribution is -2.13. The van der Waals surface area contributed by atoms with Crippen LogP contribution in [0, 0.1) is 6.92 Å². The molecule has 0 radical (unpaired) electrons. The lowest BCUT2D eigenvalue weighted by Gasteiger charge is -2.14. The van der Waals surface area contributed by atoms with Gasteiger partial charge in [-0.3, -0.25) is 4.79 Å². The zero-order chi connectivity index (χ0) is 21.3. The van der Waals surface area contributed by atoms with Gasteiger partial charge in [0.15, 0.2) is 0 Å². The van der Waals surface area contributed by atoms with Crippen molar-refractivity contribution in [1.29, 1.82) is 0 Å². The maximum absolute atomic E-state index is 13.2. The molecule has 3 aromatic carbocycles. The molecule has 0 atom stereocenters. The van der Waals surface area contributed by atoms with Gasteiger partial charge in [-0.2, -0.15) is 13.2 Å². The number of rotatable bonds is 3. The number of carbonyl (C=O) groups is 1. The van der Waals surface area contributed by atoms with Crippen molar-refractivity contribution in [1.82, 2.24) is 0 Å². The molecule has 1 amide bonds. The molecule has 3 nitrogen and oxygen atoms in total. The van der Waals surface area contributed by atoms with Gasteiger partial charge < -0.3 is 10.1 Å². The van der Waals surface area contributed by atoms with Crippen LogP contribution in [-0.2, 0) is 11.0 Å². The topological polar surface area (TPSA) is 38.3 Å². The summed E-state index contributed by atoms with van der Waals surface area (Å²) in [5, 5.41) is 2.59. The van der Waals surface area contributed by atoms with Gasteiger partial charge in [-0.05, 0) is 71.7 Å². The second-order valence-corrected chi connectivity index (χ2v) is 7.09. The lowest BCUT2D eigenvalue weighted by atomic mass is 9.98. The van der Waals surface area contributed by atoms with Crippen molar-refractivity contribution in [2.75, 3.05) is 5.32 Å². The fourth-order valence-electron chi connectivity index (χ4n) is 3.44. The third kappa shape index (κ3) is 4.22. The fourth-order valence-corrected chi connectivity index (χ4v) is 3.44. The number of hydrogen-bond acceptors (Lipinski definition) is 2. The van der Waals surface area contributed by atoms with E-state index in [9.17, 15) is 18.0 Å². The van der Waals surface area contributed by atoms with E-state index in [-0.39, 0.29) is 23.6 Å². The highest BCUT2D eigenvalue weighted by Gasteiger charge is 2.33. The fraction of sp³-hybridized carbons (Fsp3) is 0.125. The Morgan fingerprint density at radius 1 is 0.933 bits per heavy atom. The number of halogens is 3. The van der Waals surface area contributed by atoms with Crippen LogP contribution in [0.25, 0.3) is 11.6 Å². The van der Waals surface area contributed by atoms with Crippen LogP contribution in [0.15, 0.2) is 66.7 Å². The Kier molecular flexibility index (Phi) is 5.08. The Morgan fingerprint density at radius 3 is 2.40 bits per heavy atom. The molecule has 0 aliphatic carbocycles. The standard InChI is InChI=1S/C24H18F3NO2/c1-15-10-18-11-17(13-23(29)28-22(18)14-21(15)24(25,26)27)16-6-5-9-20(12-16)30-19-7-3-2-4-8-19/h2-12,14H,13H2,1H3,(H,28,29). The number of alkyl halides is 3. The number of fused-ring (bicyclic) bond motifs is 1. The first-order valence-electron chi connectivity index (χ1n) is 9.35. The Hall–Kier alpha value is -3.54. The molecule has 0 bridgehead atoms. The molecular formula is C24H18F3NO2. The summed E-state index contributed by atoms with van der Waals surface area (Å²) < 4.78 is 45.6. The number of carbonyl (C=O) groups excluding carboxylic acids is 1. The summed E-state index contributed by atoms with van der Waals surface area (Å²) in [6.07, 6.45) is -2.68. The van der Waals surface area contributed by atoms with Gasteiger partial charge in [-0.15, -0.1) is 0 Å². The molecule has 1 heterocycles. The van der Waals surface area contributed by atoms with Crippen LogP contribution < -0.4 is 10.1 Å². The molecule has 152 valence electrons. The zero-order valence-electron chi connectivity index (χ0n) is 16.1. The van der Waals surface area contributed by atoms with Crippen LogP contribution in [0.4, 0.5) is 18.9 Å². The highest BCUT2D eigenvalue weighted by atomic mass is 19.4. The maximum atomic E-state index is 13.2. The van der Waals surface area contributed by atoms with Crippen molar-refractivity contribution in [3.63, 3.8) is 0 Å². The first-order valence-corrected chi connectivity index (χ1v) is 9.35. The zero-order valence-corrected chi connectivity index (χ0v) is 16.1. The number of benzene rings is 3. The number of amides is 1. The molecular weight excluding hydrogens is 391 g/mol. The highest BCUT2D eigenvalue weighted by molar-refractivity contribution is 6.06. The minimum absolute atomic E-state index is 0.0455. The van der Waals surface area contributed by atoms with Crippen LogP contribution in [0.2, 0.25) is 0 Å². The monoisotopic (exact) mass is 409 g/mol. The van der Waals surface area contributed by atoms with E-state index in [0.717, 1.165) is 11.6 Å². The van der Waals surface area contributed by atoms with Gasteiger partial charge in [0, 0.05) is 5.69 Å². The van der Waals surface area contributed by atoms with Crippen LogP contribution >= 0.6 is 0 Å². The van der Waals surface area contributed by atoms with E-state index in [1.807, 2.05) is 54.6 Å². The summed E-state index contributed by atoms with van der Waals surface area (Å²) in [5.74, 6) is 0.919. The molecule has 0 fully saturated rings. The first-order chi connectivity index (χ1) is 14.3. The molecule has 1 aliphatic rings. The summed E-state index contributed by atoms with van der Waals surface area (Å²) >= 11 is 0. The summed E-state index contributed by atoms with van der Waals surface area (Å²) in [6, 6.07) is 19.0. The Labute approximate surface area is 171 Å². The minimum Gasteiger partial charge on any atom is -0.457 e. The van der Waals surface area contributed by atoms with Crippen molar-refractivity contribution in [2.24, 2.45) is 0 Å². The molecule has 0 saturated carbocycles. The largest absolute Gasteiger partial charge is 0.457 e. The average molecular weight is 409 g/mol. The van der Waals surface area contributed by atoms with Gasteiger partial charge in [-0.25, -0.2) is 0 Å². The molecule has 3 aromatic rings. The molecule has 1 N–H and O–H groups in total. The van der Waals surface area contributed by atoms with Crippen LogP contribution in [-0.4, -0.2) is 5.91 Å². The maximum Gasteiger partial charge on any atom is 0.416 e. The van der Waals surface area contributed by atoms with Crippen LogP contribution in [0.1, 0.15) is 28.7 Å². The van der Waals surface area contributed by atoms with E-state index in [1.54, 1.807) is 6.08 Å². The third-order valence-corrected chi connectivity index (χ3v) is 4.84. The van der Waals surface area contributed by atoms with E-state index in [1.165, 1.54) is 13.0 Å². The minimum atomic E-state index is -4.48. The smallest absolute Gasteiger partial charge is 0.416 e. The average Bonchev–Trinajstić information content (AvgIpc) is 2.85. The van der Waals surface area contributed by atoms with Gasteiger partial charge >= 0.3 is 6.18 Å². The SMILES string of the molecule is Cc1cc2c(cc1C(F)(F)F)NC(=O)CC(c1cccc(Oc3ccccc3)c1)=C2. The summed E-state index contributed by atoms with van der Waals surface area (Å²) in [5.41, 5.74) is 1.51. The Balaban J connectivity index is 1.72. The molecule has 0 spiro atoms. The van der Waals surface area contributed by atoms with Gasteiger partial charge in [0.2, 0.25) is 5.91 Å². The van der Waals surface area contributed by atoms with Gasteiger partial charge in [-0.1, -0.05) is 30.3 Å². The summed E-state index contributed by atoms with van der Waals surface area (Å²) in [4.78, 5) is 12.4. The molecule has 30 heavy (non-hydrogen) atoms. The van der Waals surface area contributed by atoms with Gasteiger partial charge in [0.1, 0.15) is 11.5 Å². The molecule has 6 heteroatoms. The molecule has 0 unspecified atom stereocenters. The van der Waals surface area contributed by atoms with E-state index >= 15 is 0 Å². The van der Waals surface area contributed by atoms with Crippen molar-refractivity contribution < 1.29 is 22.7 Å². The second kappa shape index (κ2) is 7.71. The molecule has 0 aromatic heterocycles. The van der Waals surface area contributed by atoms with Gasteiger partial charge in [0.25, 0.3) is 0 Å². The van der Waals surface area contributed by atoms with Crippen molar-refractivity contribution >= 4 is 23.2 Å². The van der Waals surface area contributed by atoms with Crippen LogP contribution in [0.5, 0.6) is 11.5 Å². The second-order valence-electron chi connectivity index (χ2n) is 7.09. The number of aryl methyl sites for hydroxylation is 1. The third-order valence-electron chi connectivity index (χ3n) is 4.84. The lowest BCUT2D eigenvalue weighted by molar-refractivity contribution is -0.138.